The maximum atomic E-state index is 8.66. The minimum atomic E-state index is -0.688. The van der Waals surface area contributed by atoms with Crippen LogP contribution >= 0.6 is 0 Å². The van der Waals surface area contributed by atoms with Crippen LogP contribution in [0.5, 0.6) is 0 Å². The molecule has 12 heavy (non-hydrogen) atoms. The largest absolute Gasteiger partial charge is 0.196 e. The van der Waals surface area contributed by atoms with Crippen LogP contribution in [0.1, 0.15) is 41.0 Å². The van der Waals surface area contributed by atoms with E-state index < -0.39 is 5.54 Å². The van der Waals surface area contributed by atoms with Crippen molar-refractivity contribution < 1.29 is 0 Å². The van der Waals surface area contributed by atoms with Crippen molar-refractivity contribution in [2.45, 2.75) is 52.1 Å². The zero-order valence-electron chi connectivity index (χ0n) is 8.55. The first-order chi connectivity index (χ1) is 5.33. The first-order valence-corrected chi connectivity index (χ1v) is 4.18. The molecule has 0 fully saturated rings. The van der Waals surface area contributed by atoms with E-state index in [1.807, 2.05) is 13.8 Å². The molecule has 3 nitrogen and oxygen atoms in total. The maximum Gasteiger partial charge on any atom is 0.161 e. The van der Waals surface area contributed by atoms with Crippen LogP contribution in [-0.4, -0.2) is 11.1 Å². The Balaban J connectivity index is 4.36. The molecule has 0 heterocycles. The predicted octanol–water partition coefficient (Wildman–Crippen LogP) is 2.93. The molecule has 0 rings (SSSR count). The summed E-state index contributed by atoms with van der Waals surface area (Å²) >= 11 is 0. The molecule has 0 saturated carbocycles. The average Bonchev–Trinajstić information content (AvgIpc) is 2.02. The van der Waals surface area contributed by atoms with Gasteiger partial charge in [0.15, 0.2) is 5.54 Å². The van der Waals surface area contributed by atoms with Crippen molar-refractivity contribution in [1.82, 2.24) is 0 Å². The second-order valence-corrected chi connectivity index (χ2v) is 4.04. The van der Waals surface area contributed by atoms with Crippen molar-refractivity contribution in [3.63, 3.8) is 0 Å². The van der Waals surface area contributed by atoms with Crippen LogP contribution < -0.4 is 0 Å². The Bertz CT molecular complexity index is 208. The van der Waals surface area contributed by atoms with E-state index in [1.54, 1.807) is 13.8 Å². The van der Waals surface area contributed by atoms with Crippen LogP contribution in [0.25, 0.3) is 0 Å². The zero-order valence-corrected chi connectivity index (χ0v) is 8.55. The molecular weight excluding hydrogens is 150 g/mol. The molecular formula is C9H17N3. The summed E-state index contributed by atoms with van der Waals surface area (Å²) in [5.74, 6) is 0. The van der Waals surface area contributed by atoms with Crippen LogP contribution in [0.4, 0.5) is 0 Å². The van der Waals surface area contributed by atoms with Gasteiger partial charge in [-0.25, -0.2) is 0 Å². The smallest absolute Gasteiger partial charge is 0.161 e. The molecule has 68 valence electrons. The summed E-state index contributed by atoms with van der Waals surface area (Å²) in [5, 5.41) is 16.8. The normalized spacial score (nSPS) is 13.3. The Kier molecular flexibility index (Phi) is 3.38. The summed E-state index contributed by atoms with van der Waals surface area (Å²) in [6.45, 7) is 9.57. The van der Waals surface area contributed by atoms with Gasteiger partial charge in [-0.2, -0.15) is 15.5 Å². The van der Waals surface area contributed by atoms with Crippen LogP contribution in [-0.2, 0) is 0 Å². The van der Waals surface area contributed by atoms with Gasteiger partial charge in [-0.1, -0.05) is 6.92 Å². The Morgan fingerprint density at radius 1 is 1.17 bits per heavy atom. The summed E-state index contributed by atoms with van der Waals surface area (Å²) in [7, 11) is 0. The van der Waals surface area contributed by atoms with Crippen LogP contribution in [0.3, 0.4) is 0 Å². The summed E-state index contributed by atoms with van der Waals surface area (Å²) in [4.78, 5) is 0. The monoisotopic (exact) mass is 167 g/mol. The Labute approximate surface area is 74.5 Å². The third kappa shape index (κ3) is 4.07. The number of rotatable bonds is 3. The van der Waals surface area contributed by atoms with Crippen molar-refractivity contribution >= 4 is 0 Å². The van der Waals surface area contributed by atoms with Gasteiger partial charge in [0.05, 0.1) is 11.6 Å². The fourth-order valence-electron chi connectivity index (χ4n) is 0.353. The lowest BCUT2D eigenvalue weighted by molar-refractivity contribution is 0.446. The molecule has 0 unspecified atom stereocenters. The van der Waals surface area contributed by atoms with Crippen molar-refractivity contribution in [2.75, 3.05) is 0 Å². The fourth-order valence-corrected chi connectivity index (χ4v) is 0.353. The highest BCUT2D eigenvalue weighted by molar-refractivity contribution is 4.99. The topological polar surface area (TPSA) is 48.5 Å². The molecule has 0 aromatic carbocycles. The predicted molar refractivity (Wildman–Crippen MR) is 48.9 cm³/mol. The molecule has 0 saturated heterocycles. The number of azo groups is 1. The molecule has 0 aliphatic rings. The molecule has 0 N–H and O–H groups in total. The van der Waals surface area contributed by atoms with Crippen LogP contribution in [0.2, 0.25) is 0 Å². The van der Waals surface area contributed by atoms with Gasteiger partial charge in [0.2, 0.25) is 0 Å². The number of nitrogens with zero attached hydrogens (tertiary/aromatic N) is 3. The molecule has 0 aromatic heterocycles. The SMILES string of the molecule is CCC(C)(C)/N=N/C(C)(C)C#N. The Morgan fingerprint density at radius 3 is 2.00 bits per heavy atom. The van der Waals surface area contributed by atoms with E-state index in [9.17, 15) is 0 Å². The average molecular weight is 167 g/mol. The van der Waals surface area contributed by atoms with Crippen molar-refractivity contribution in [1.29, 1.82) is 5.26 Å². The van der Waals surface area contributed by atoms with E-state index in [0.29, 0.717) is 0 Å². The highest BCUT2D eigenvalue weighted by atomic mass is 15.2. The lowest BCUT2D eigenvalue weighted by atomic mass is 10.0. The Morgan fingerprint density at radius 2 is 1.67 bits per heavy atom. The third-order valence-corrected chi connectivity index (χ3v) is 1.71. The minimum Gasteiger partial charge on any atom is -0.196 e. The summed E-state index contributed by atoms with van der Waals surface area (Å²) in [6, 6.07) is 2.08. The summed E-state index contributed by atoms with van der Waals surface area (Å²) in [6.07, 6.45) is 0.929. The third-order valence-electron chi connectivity index (χ3n) is 1.71. The first kappa shape index (κ1) is 11.1. The van der Waals surface area contributed by atoms with Crippen molar-refractivity contribution in [3.05, 3.63) is 0 Å². The van der Waals surface area contributed by atoms with Gasteiger partial charge in [-0.3, -0.25) is 0 Å². The molecule has 3 heteroatoms. The highest BCUT2D eigenvalue weighted by Gasteiger charge is 2.18. The number of hydrogen-bond acceptors (Lipinski definition) is 3. The second-order valence-electron chi connectivity index (χ2n) is 4.04. The molecule has 0 aromatic rings. The molecule has 0 spiro atoms. The molecule has 0 radical (unpaired) electrons. The van der Waals surface area contributed by atoms with Crippen LogP contribution in [0.15, 0.2) is 10.2 Å². The first-order valence-electron chi connectivity index (χ1n) is 4.18. The molecule has 0 aliphatic heterocycles. The van der Waals surface area contributed by atoms with Gasteiger partial charge in [0.1, 0.15) is 0 Å². The number of hydrogen-bond donors (Lipinski definition) is 0. The molecule has 0 aliphatic carbocycles. The van der Waals surface area contributed by atoms with Gasteiger partial charge in [0, 0.05) is 0 Å². The van der Waals surface area contributed by atoms with Crippen molar-refractivity contribution in [2.24, 2.45) is 10.2 Å². The second kappa shape index (κ2) is 3.66. The van der Waals surface area contributed by atoms with Gasteiger partial charge in [-0.05, 0) is 34.1 Å². The summed E-state index contributed by atoms with van der Waals surface area (Å²) in [5.41, 5.74) is -0.833. The highest BCUT2D eigenvalue weighted by Crippen LogP contribution is 2.17. The van der Waals surface area contributed by atoms with E-state index in [1.165, 1.54) is 0 Å². The fraction of sp³-hybridized carbons (Fsp3) is 0.889. The van der Waals surface area contributed by atoms with Crippen molar-refractivity contribution in [3.8, 4) is 6.07 Å². The van der Waals surface area contributed by atoms with E-state index >= 15 is 0 Å². The lowest BCUT2D eigenvalue weighted by Crippen LogP contribution is -2.18. The molecule has 0 amide bonds. The quantitative estimate of drug-likeness (QED) is 0.596. The van der Waals surface area contributed by atoms with Gasteiger partial charge in [-0.15, -0.1) is 0 Å². The van der Waals surface area contributed by atoms with E-state index in [0.717, 1.165) is 6.42 Å². The van der Waals surface area contributed by atoms with E-state index in [2.05, 4.69) is 23.2 Å². The van der Waals surface area contributed by atoms with Gasteiger partial charge >= 0.3 is 0 Å². The van der Waals surface area contributed by atoms with Crippen LogP contribution in [0, 0.1) is 11.3 Å². The standard InChI is InChI=1S/C9H17N3/c1-6-8(2,3)11-12-9(4,5)7-10/h6H2,1-5H3/b12-11+. The zero-order chi connectivity index (χ0) is 9.83. The van der Waals surface area contributed by atoms with Gasteiger partial charge in [0.25, 0.3) is 0 Å². The van der Waals surface area contributed by atoms with E-state index in [4.69, 9.17) is 5.26 Å². The van der Waals surface area contributed by atoms with Gasteiger partial charge < -0.3 is 0 Å². The number of nitriles is 1. The minimum absolute atomic E-state index is 0.145. The van der Waals surface area contributed by atoms with E-state index in [-0.39, 0.29) is 5.54 Å². The molecule has 0 bridgehead atoms. The maximum absolute atomic E-state index is 8.66. The Hall–Kier alpha value is -0.910. The summed E-state index contributed by atoms with van der Waals surface area (Å²) < 4.78 is 0. The lowest BCUT2D eigenvalue weighted by Gasteiger charge is -2.17. The molecule has 0 atom stereocenters.